The normalized spacial score (nSPS) is 11.9. The van der Waals surface area contributed by atoms with Gasteiger partial charge in [-0.3, -0.25) is 0 Å². The molecule has 94 valence electrons. The van der Waals surface area contributed by atoms with E-state index in [-0.39, 0.29) is 0 Å². The first kappa shape index (κ1) is 13.4. The number of hydrogen-bond donors (Lipinski definition) is 1. The monoisotopic (exact) mass is 237 g/mol. The van der Waals surface area contributed by atoms with Crippen molar-refractivity contribution in [3.05, 3.63) is 24.3 Å². The van der Waals surface area contributed by atoms with Crippen molar-refractivity contribution in [3.8, 4) is 5.75 Å². The van der Waals surface area contributed by atoms with Gasteiger partial charge in [0.25, 0.3) is 0 Å². The van der Waals surface area contributed by atoms with Gasteiger partial charge >= 0.3 is 5.97 Å². The summed E-state index contributed by atoms with van der Waals surface area (Å²) in [4.78, 5) is 13.1. The topological polar surface area (TPSA) is 49.8 Å². The van der Waals surface area contributed by atoms with Crippen LogP contribution in [0, 0.1) is 0 Å². The molecule has 0 aromatic heterocycles. The highest BCUT2D eigenvalue weighted by Crippen LogP contribution is 2.23. The lowest BCUT2D eigenvalue weighted by Crippen LogP contribution is -2.40. The molecule has 1 rings (SSSR count). The summed E-state index contributed by atoms with van der Waals surface area (Å²) in [6.45, 7) is 4.48. The van der Waals surface area contributed by atoms with Gasteiger partial charge in [0.1, 0.15) is 11.8 Å². The van der Waals surface area contributed by atoms with Crippen LogP contribution >= 0.6 is 0 Å². The van der Waals surface area contributed by atoms with Crippen molar-refractivity contribution in [1.29, 1.82) is 0 Å². The van der Waals surface area contributed by atoms with E-state index in [1.165, 1.54) is 0 Å². The van der Waals surface area contributed by atoms with E-state index in [4.69, 9.17) is 4.74 Å². The number of nitrogens with zero attached hydrogens (tertiary/aromatic N) is 1. The Kier molecular flexibility index (Phi) is 4.82. The van der Waals surface area contributed by atoms with Crippen LogP contribution in [0.3, 0.4) is 0 Å². The predicted molar refractivity (Wildman–Crippen MR) is 67.7 cm³/mol. The summed E-state index contributed by atoms with van der Waals surface area (Å²) in [6, 6.07) is 6.98. The summed E-state index contributed by atoms with van der Waals surface area (Å²) >= 11 is 0. The van der Waals surface area contributed by atoms with Crippen molar-refractivity contribution in [3.63, 3.8) is 0 Å². The van der Waals surface area contributed by atoms with Crippen LogP contribution in [0.5, 0.6) is 5.75 Å². The van der Waals surface area contributed by atoms with E-state index in [0.717, 1.165) is 11.4 Å². The minimum absolute atomic E-state index is 0.493. The third-order valence-corrected chi connectivity index (χ3v) is 2.77. The fourth-order valence-electron chi connectivity index (χ4n) is 1.90. The Labute approximate surface area is 102 Å². The second kappa shape index (κ2) is 6.13. The van der Waals surface area contributed by atoms with Gasteiger partial charge in [-0.1, -0.05) is 13.0 Å². The molecule has 0 spiro atoms. The number of ether oxygens (including phenoxy) is 1. The summed E-state index contributed by atoms with van der Waals surface area (Å²) in [5.41, 5.74) is 0.876. The van der Waals surface area contributed by atoms with E-state index in [1.54, 1.807) is 7.11 Å². The summed E-state index contributed by atoms with van der Waals surface area (Å²) < 4.78 is 5.15. The van der Waals surface area contributed by atoms with Crippen LogP contribution in [0.4, 0.5) is 5.69 Å². The van der Waals surface area contributed by atoms with Gasteiger partial charge in [0.05, 0.1) is 7.11 Å². The first-order valence-corrected chi connectivity index (χ1v) is 5.77. The van der Waals surface area contributed by atoms with Crippen molar-refractivity contribution in [2.45, 2.75) is 26.3 Å². The molecule has 0 aliphatic rings. The van der Waals surface area contributed by atoms with E-state index in [2.05, 4.69) is 0 Å². The Bertz CT molecular complexity index is 379. The predicted octanol–water partition coefficient (Wildman–Crippen LogP) is 2.38. The molecule has 0 aliphatic carbocycles. The van der Waals surface area contributed by atoms with E-state index in [1.807, 2.05) is 43.0 Å². The number of anilines is 1. The van der Waals surface area contributed by atoms with Crippen molar-refractivity contribution in [2.75, 3.05) is 18.6 Å². The number of carboxylic acids is 1. The number of benzene rings is 1. The molecule has 1 aromatic rings. The smallest absolute Gasteiger partial charge is 0.326 e. The third kappa shape index (κ3) is 3.12. The maximum Gasteiger partial charge on any atom is 0.326 e. The van der Waals surface area contributed by atoms with Crippen LogP contribution in [-0.4, -0.2) is 30.8 Å². The van der Waals surface area contributed by atoms with E-state index >= 15 is 0 Å². The van der Waals surface area contributed by atoms with Crippen LogP contribution in [0.15, 0.2) is 24.3 Å². The van der Waals surface area contributed by atoms with Crippen LogP contribution in [-0.2, 0) is 4.79 Å². The highest BCUT2D eigenvalue weighted by molar-refractivity contribution is 5.78. The number of carbonyl (C=O) groups is 1. The van der Waals surface area contributed by atoms with E-state index in [9.17, 15) is 9.90 Å². The van der Waals surface area contributed by atoms with E-state index < -0.39 is 12.0 Å². The fourth-order valence-corrected chi connectivity index (χ4v) is 1.90. The zero-order chi connectivity index (χ0) is 12.8. The zero-order valence-corrected chi connectivity index (χ0v) is 10.5. The van der Waals surface area contributed by atoms with E-state index in [0.29, 0.717) is 13.0 Å². The second-order valence-electron chi connectivity index (χ2n) is 3.75. The molecule has 1 aromatic carbocycles. The summed E-state index contributed by atoms with van der Waals surface area (Å²) in [7, 11) is 1.60. The third-order valence-electron chi connectivity index (χ3n) is 2.77. The molecule has 0 aliphatic heterocycles. The van der Waals surface area contributed by atoms with Gasteiger partial charge in [0, 0.05) is 18.3 Å². The molecule has 4 heteroatoms. The van der Waals surface area contributed by atoms with Gasteiger partial charge in [-0.25, -0.2) is 4.79 Å². The van der Waals surface area contributed by atoms with Crippen molar-refractivity contribution >= 4 is 11.7 Å². The maximum atomic E-state index is 11.2. The molecule has 17 heavy (non-hydrogen) atoms. The SMILES string of the molecule is CCC(C(=O)O)N(CC)c1cccc(OC)c1. The van der Waals surface area contributed by atoms with Gasteiger partial charge in [-0.2, -0.15) is 0 Å². The maximum absolute atomic E-state index is 11.2. The number of hydrogen-bond acceptors (Lipinski definition) is 3. The van der Waals surface area contributed by atoms with Crippen LogP contribution in [0.2, 0.25) is 0 Å². The lowest BCUT2D eigenvalue weighted by Gasteiger charge is -2.29. The Hall–Kier alpha value is -1.71. The Balaban J connectivity index is 3.03. The Morgan fingerprint density at radius 1 is 1.47 bits per heavy atom. The van der Waals surface area contributed by atoms with Gasteiger partial charge in [-0.15, -0.1) is 0 Å². The standard InChI is InChI=1S/C13H19NO3/c1-4-12(13(15)16)14(5-2)10-7-6-8-11(9-10)17-3/h6-9,12H,4-5H2,1-3H3,(H,15,16). The molecule has 0 amide bonds. The highest BCUT2D eigenvalue weighted by Gasteiger charge is 2.22. The largest absolute Gasteiger partial charge is 0.497 e. The lowest BCUT2D eigenvalue weighted by atomic mass is 10.1. The number of methoxy groups -OCH3 is 1. The highest BCUT2D eigenvalue weighted by atomic mass is 16.5. The fraction of sp³-hybridized carbons (Fsp3) is 0.462. The van der Waals surface area contributed by atoms with Crippen LogP contribution < -0.4 is 9.64 Å². The molecule has 1 N–H and O–H groups in total. The number of likely N-dealkylation sites (N-methyl/N-ethyl adjacent to an activating group) is 1. The Morgan fingerprint density at radius 3 is 2.65 bits per heavy atom. The van der Waals surface area contributed by atoms with Crippen molar-refractivity contribution in [1.82, 2.24) is 0 Å². The molecule has 0 fully saturated rings. The first-order chi connectivity index (χ1) is 8.13. The van der Waals surface area contributed by atoms with Gasteiger partial charge in [0.2, 0.25) is 0 Å². The minimum Gasteiger partial charge on any atom is -0.497 e. The van der Waals surface area contributed by atoms with Gasteiger partial charge in [0.15, 0.2) is 0 Å². The molecule has 0 saturated carbocycles. The molecule has 0 heterocycles. The molecular formula is C13H19NO3. The summed E-state index contributed by atoms with van der Waals surface area (Å²) in [5, 5.41) is 9.19. The van der Waals surface area contributed by atoms with Crippen molar-refractivity contribution in [2.24, 2.45) is 0 Å². The molecule has 0 saturated heterocycles. The molecule has 0 bridgehead atoms. The molecule has 0 radical (unpaired) electrons. The summed E-state index contributed by atoms with van der Waals surface area (Å²) in [5.74, 6) is -0.0571. The summed E-state index contributed by atoms with van der Waals surface area (Å²) in [6.07, 6.45) is 0.570. The Morgan fingerprint density at radius 2 is 2.18 bits per heavy atom. The quantitative estimate of drug-likeness (QED) is 0.825. The van der Waals surface area contributed by atoms with Crippen LogP contribution in [0.25, 0.3) is 0 Å². The van der Waals surface area contributed by atoms with Gasteiger partial charge in [-0.05, 0) is 25.5 Å². The van der Waals surface area contributed by atoms with Gasteiger partial charge < -0.3 is 14.7 Å². The molecule has 1 atom stereocenters. The average Bonchev–Trinajstić information content (AvgIpc) is 2.35. The second-order valence-corrected chi connectivity index (χ2v) is 3.75. The zero-order valence-electron chi connectivity index (χ0n) is 10.5. The molecular weight excluding hydrogens is 218 g/mol. The van der Waals surface area contributed by atoms with Crippen LogP contribution in [0.1, 0.15) is 20.3 Å². The lowest BCUT2D eigenvalue weighted by molar-refractivity contribution is -0.138. The first-order valence-electron chi connectivity index (χ1n) is 5.77. The average molecular weight is 237 g/mol. The number of carboxylic acid groups (broad SMARTS) is 1. The minimum atomic E-state index is -0.794. The number of aliphatic carboxylic acids is 1. The molecule has 1 unspecified atom stereocenters. The number of rotatable bonds is 6. The van der Waals surface area contributed by atoms with Crippen molar-refractivity contribution < 1.29 is 14.6 Å². The molecule has 4 nitrogen and oxygen atoms in total.